The van der Waals surface area contributed by atoms with Crippen molar-refractivity contribution in [2.24, 2.45) is 0 Å². The highest BCUT2D eigenvalue weighted by Crippen LogP contribution is 1.96. The molecular formula is C9H10N. The second-order valence-electron chi connectivity index (χ2n) is 2.03. The van der Waals surface area contributed by atoms with Crippen LogP contribution in [-0.4, -0.2) is 0 Å². The van der Waals surface area contributed by atoms with E-state index < -0.39 is 0 Å². The van der Waals surface area contributed by atoms with Gasteiger partial charge >= 0.3 is 0 Å². The van der Waals surface area contributed by atoms with Crippen LogP contribution in [0.2, 0.25) is 0 Å². The lowest BCUT2D eigenvalue weighted by Gasteiger charge is -1.98. The molecule has 1 rings (SSSR count). The highest BCUT2D eigenvalue weighted by atomic mass is 14.8. The van der Waals surface area contributed by atoms with Gasteiger partial charge in [-0.3, -0.25) is 0 Å². The molecule has 0 saturated carbocycles. The maximum absolute atomic E-state index is 5.14. The molecule has 0 amide bonds. The summed E-state index contributed by atoms with van der Waals surface area (Å²) in [7, 11) is 0. The molecule has 1 aromatic rings. The molecule has 0 heterocycles. The van der Waals surface area contributed by atoms with Crippen LogP contribution >= 0.6 is 0 Å². The Morgan fingerprint density at radius 1 is 1.30 bits per heavy atom. The highest BCUT2D eigenvalue weighted by Gasteiger charge is 1.84. The first-order chi connectivity index (χ1) is 4.93. The van der Waals surface area contributed by atoms with Crippen LogP contribution in [0.4, 0.5) is 0 Å². The third-order valence-electron chi connectivity index (χ3n) is 1.27. The molecule has 10 heavy (non-hydrogen) atoms. The van der Waals surface area contributed by atoms with Gasteiger partial charge in [0, 0.05) is 6.54 Å². The SMILES string of the molecule is [CH]=CNCc1ccccc1. The topological polar surface area (TPSA) is 12.0 Å². The molecule has 1 nitrogen and oxygen atoms in total. The Morgan fingerprint density at radius 2 is 2.00 bits per heavy atom. The first-order valence-corrected chi connectivity index (χ1v) is 3.24. The highest BCUT2D eigenvalue weighted by molar-refractivity contribution is 5.14. The predicted octanol–water partition coefficient (Wildman–Crippen LogP) is 1.72. The standard InChI is InChI=1S/C9H10N/c1-2-10-8-9-6-4-3-5-7-9/h1-7,10H,8H2. The van der Waals surface area contributed by atoms with Crippen molar-refractivity contribution in [1.29, 1.82) is 0 Å². The van der Waals surface area contributed by atoms with Gasteiger partial charge in [0.1, 0.15) is 0 Å². The minimum atomic E-state index is 0.803. The van der Waals surface area contributed by atoms with E-state index in [-0.39, 0.29) is 0 Å². The largest absolute Gasteiger partial charge is 0.387 e. The van der Waals surface area contributed by atoms with Gasteiger partial charge < -0.3 is 5.32 Å². The Balaban J connectivity index is 2.50. The fourth-order valence-corrected chi connectivity index (χ4v) is 0.773. The van der Waals surface area contributed by atoms with E-state index in [0.29, 0.717) is 0 Å². The van der Waals surface area contributed by atoms with Crippen LogP contribution in [-0.2, 0) is 6.54 Å². The van der Waals surface area contributed by atoms with E-state index in [2.05, 4.69) is 17.4 Å². The van der Waals surface area contributed by atoms with Crippen LogP contribution in [0.5, 0.6) is 0 Å². The Kier molecular flexibility index (Phi) is 2.56. The van der Waals surface area contributed by atoms with Crippen molar-refractivity contribution in [3.05, 3.63) is 48.7 Å². The third-order valence-corrected chi connectivity index (χ3v) is 1.27. The van der Waals surface area contributed by atoms with Crippen molar-refractivity contribution in [2.75, 3.05) is 0 Å². The summed E-state index contributed by atoms with van der Waals surface area (Å²) in [6, 6.07) is 10.1. The second kappa shape index (κ2) is 3.72. The van der Waals surface area contributed by atoms with Gasteiger partial charge in [-0.2, -0.15) is 0 Å². The fourth-order valence-electron chi connectivity index (χ4n) is 0.773. The molecule has 0 aliphatic heterocycles. The lowest BCUT2D eigenvalue weighted by atomic mass is 10.2. The minimum absolute atomic E-state index is 0.803. The van der Waals surface area contributed by atoms with E-state index in [1.807, 2.05) is 18.2 Å². The Labute approximate surface area is 61.4 Å². The summed E-state index contributed by atoms with van der Waals surface area (Å²) < 4.78 is 0. The van der Waals surface area contributed by atoms with Crippen molar-refractivity contribution in [3.8, 4) is 0 Å². The zero-order valence-electron chi connectivity index (χ0n) is 5.75. The Morgan fingerprint density at radius 3 is 2.60 bits per heavy atom. The molecule has 51 valence electrons. The van der Waals surface area contributed by atoms with Gasteiger partial charge in [-0.1, -0.05) is 30.3 Å². The molecule has 0 bridgehead atoms. The summed E-state index contributed by atoms with van der Waals surface area (Å²) in [5, 5.41) is 2.92. The van der Waals surface area contributed by atoms with Gasteiger partial charge in [-0.25, -0.2) is 0 Å². The van der Waals surface area contributed by atoms with Crippen molar-refractivity contribution in [1.82, 2.24) is 5.32 Å². The number of hydrogen-bond acceptors (Lipinski definition) is 1. The lowest BCUT2D eigenvalue weighted by Crippen LogP contribution is -2.02. The van der Waals surface area contributed by atoms with E-state index in [0.717, 1.165) is 6.54 Å². The van der Waals surface area contributed by atoms with E-state index >= 15 is 0 Å². The predicted molar refractivity (Wildman–Crippen MR) is 42.2 cm³/mol. The third kappa shape index (κ3) is 1.94. The van der Waals surface area contributed by atoms with E-state index in [1.54, 1.807) is 0 Å². The van der Waals surface area contributed by atoms with Crippen LogP contribution in [0.25, 0.3) is 0 Å². The van der Waals surface area contributed by atoms with E-state index in [9.17, 15) is 0 Å². The fraction of sp³-hybridized carbons (Fsp3) is 0.111. The van der Waals surface area contributed by atoms with Crippen molar-refractivity contribution < 1.29 is 0 Å². The second-order valence-corrected chi connectivity index (χ2v) is 2.03. The zero-order valence-corrected chi connectivity index (χ0v) is 5.75. The lowest BCUT2D eigenvalue weighted by molar-refractivity contribution is 0.871. The molecule has 0 aromatic heterocycles. The normalized spacial score (nSPS) is 8.80. The number of rotatable bonds is 3. The maximum Gasteiger partial charge on any atom is 0.0395 e. The molecule has 0 fully saturated rings. The van der Waals surface area contributed by atoms with Crippen LogP contribution in [0, 0.1) is 6.58 Å². The quantitative estimate of drug-likeness (QED) is 0.660. The summed E-state index contributed by atoms with van der Waals surface area (Å²) in [6.45, 7) is 5.94. The van der Waals surface area contributed by atoms with Crippen LogP contribution in [0.3, 0.4) is 0 Å². The summed E-state index contributed by atoms with van der Waals surface area (Å²) in [5.74, 6) is 0. The molecule has 1 radical (unpaired) electrons. The van der Waals surface area contributed by atoms with E-state index in [1.165, 1.54) is 11.8 Å². The van der Waals surface area contributed by atoms with E-state index in [4.69, 9.17) is 6.58 Å². The number of hydrogen-bond donors (Lipinski definition) is 1. The average molecular weight is 132 g/mol. The number of nitrogens with one attached hydrogen (secondary N) is 1. The number of benzene rings is 1. The molecule has 0 aliphatic rings. The van der Waals surface area contributed by atoms with Crippen LogP contribution in [0.15, 0.2) is 36.5 Å². The zero-order chi connectivity index (χ0) is 7.23. The van der Waals surface area contributed by atoms with Crippen molar-refractivity contribution in [3.63, 3.8) is 0 Å². The molecule has 0 spiro atoms. The maximum atomic E-state index is 5.14. The Bertz CT molecular complexity index is 191. The van der Waals surface area contributed by atoms with Crippen LogP contribution < -0.4 is 5.32 Å². The van der Waals surface area contributed by atoms with Gasteiger partial charge in [0.25, 0.3) is 0 Å². The summed E-state index contributed by atoms with van der Waals surface area (Å²) >= 11 is 0. The Hall–Kier alpha value is -1.24. The molecule has 0 unspecified atom stereocenters. The van der Waals surface area contributed by atoms with Crippen LogP contribution in [0.1, 0.15) is 5.56 Å². The molecule has 0 saturated heterocycles. The molecule has 0 atom stereocenters. The smallest absolute Gasteiger partial charge is 0.0395 e. The van der Waals surface area contributed by atoms with Gasteiger partial charge in [0.15, 0.2) is 0 Å². The molecule has 1 aromatic carbocycles. The minimum Gasteiger partial charge on any atom is -0.387 e. The summed E-state index contributed by atoms with van der Waals surface area (Å²) in [4.78, 5) is 0. The van der Waals surface area contributed by atoms with Gasteiger partial charge in [0.05, 0.1) is 0 Å². The van der Waals surface area contributed by atoms with Crippen molar-refractivity contribution in [2.45, 2.75) is 6.54 Å². The average Bonchev–Trinajstić information content (AvgIpc) is 2.03. The first-order valence-electron chi connectivity index (χ1n) is 3.24. The van der Waals surface area contributed by atoms with Gasteiger partial charge in [0.2, 0.25) is 0 Å². The monoisotopic (exact) mass is 132 g/mol. The molecular weight excluding hydrogens is 122 g/mol. The van der Waals surface area contributed by atoms with Gasteiger partial charge in [-0.15, -0.1) is 0 Å². The summed E-state index contributed by atoms with van der Waals surface area (Å²) in [5.41, 5.74) is 1.24. The molecule has 1 heteroatoms. The molecule has 1 N–H and O–H groups in total. The molecule has 0 aliphatic carbocycles. The first kappa shape index (κ1) is 6.87. The van der Waals surface area contributed by atoms with Gasteiger partial charge in [-0.05, 0) is 18.3 Å². The van der Waals surface area contributed by atoms with Crippen molar-refractivity contribution >= 4 is 0 Å². The summed E-state index contributed by atoms with van der Waals surface area (Å²) in [6.07, 6.45) is 1.45.